The normalized spacial score (nSPS) is 17.8. The van der Waals surface area contributed by atoms with Crippen molar-refractivity contribution >= 4 is 17.8 Å². The lowest BCUT2D eigenvalue weighted by atomic mass is 9.96. The summed E-state index contributed by atoms with van der Waals surface area (Å²) in [6, 6.07) is 6.55. The van der Waals surface area contributed by atoms with E-state index in [9.17, 15) is 14.7 Å². The molecule has 2 aliphatic rings. The molecular weight excluding hydrogens is 556 g/mol. The molecule has 1 aromatic carbocycles. The summed E-state index contributed by atoms with van der Waals surface area (Å²) in [4.78, 5) is 44.4. The maximum absolute atomic E-state index is 12.7. The summed E-state index contributed by atoms with van der Waals surface area (Å²) in [5, 5.41) is 18.2. The largest absolute Gasteiger partial charge is 0.481 e. The van der Waals surface area contributed by atoms with Crippen LogP contribution in [0.15, 0.2) is 18.2 Å². The summed E-state index contributed by atoms with van der Waals surface area (Å²) >= 11 is 0. The van der Waals surface area contributed by atoms with Gasteiger partial charge in [-0.05, 0) is 77.7 Å². The highest BCUT2D eigenvalue weighted by Gasteiger charge is 2.33. The molecule has 3 atom stereocenters. The van der Waals surface area contributed by atoms with Crippen LogP contribution in [-0.2, 0) is 19.2 Å². The Hall–Kier alpha value is -2.93. The number of carbonyl (C=O) groups excluding carboxylic acids is 2. The molecule has 1 saturated heterocycles. The first kappa shape index (κ1) is 38.1. The van der Waals surface area contributed by atoms with E-state index < -0.39 is 12.2 Å². The minimum atomic E-state index is -0.833. The summed E-state index contributed by atoms with van der Waals surface area (Å²) in [7, 11) is 3.85. The highest BCUT2D eigenvalue weighted by molar-refractivity contribution is 5.77. The number of hydrogen-bond acceptors (Lipinski definition) is 9. The molecule has 3 rings (SSSR count). The van der Waals surface area contributed by atoms with Crippen molar-refractivity contribution in [2.24, 2.45) is 0 Å². The number of benzene rings is 1. The van der Waals surface area contributed by atoms with Crippen LogP contribution in [-0.4, -0.2) is 120 Å². The Kier molecular flexibility index (Phi) is 17.8. The van der Waals surface area contributed by atoms with E-state index in [0.717, 1.165) is 50.8 Å². The molecular formula is C31H54N4O8. The maximum Gasteiger partial charge on any atom is 0.300 e. The molecule has 0 spiro atoms. The highest BCUT2D eigenvalue weighted by atomic mass is 16.7. The molecule has 0 aromatic heterocycles. The van der Waals surface area contributed by atoms with Gasteiger partial charge in [0.05, 0.1) is 13.2 Å². The van der Waals surface area contributed by atoms with E-state index in [-0.39, 0.29) is 11.8 Å². The molecule has 0 radical (unpaired) electrons. The summed E-state index contributed by atoms with van der Waals surface area (Å²) in [5.41, 5.74) is 1.25. The summed E-state index contributed by atoms with van der Waals surface area (Å²) in [5.74, 6) is 1.27. The summed E-state index contributed by atoms with van der Waals surface area (Å²) < 4.78 is 10.9. The van der Waals surface area contributed by atoms with Crippen molar-refractivity contribution in [2.75, 3.05) is 60.2 Å². The van der Waals surface area contributed by atoms with E-state index in [0.29, 0.717) is 51.4 Å². The molecule has 0 aliphatic carbocycles. The lowest BCUT2D eigenvalue weighted by Gasteiger charge is -2.26. The molecule has 1 fully saturated rings. The van der Waals surface area contributed by atoms with Gasteiger partial charge in [-0.15, -0.1) is 0 Å². The first-order valence-corrected chi connectivity index (χ1v) is 15.2. The Bertz CT molecular complexity index is 987. The van der Waals surface area contributed by atoms with Crippen molar-refractivity contribution < 1.29 is 38.9 Å². The average Bonchev–Trinajstić information content (AvgIpc) is 3.56. The summed E-state index contributed by atoms with van der Waals surface area (Å²) in [6.07, 6.45) is 2.62. The molecule has 12 nitrogen and oxygen atoms in total. The SMILES string of the molecule is CC(=O)O.CCCON(CCC)C(=O)CN1C[C@H](c2ccc3c(c2)OCO3)CC1C.CCN(C(=O)CCN(C)C)C(C)O. The predicted octanol–water partition coefficient (Wildman–Crippen LogP) is 3.39. The van der Waals surface area contributed by atoms with Crippen molar-refractivity contribution in [3.63, 3.8) is 0 Å². The standard InChI is InChI=1S/C20H30N2O4.C9H20N2O2.C2H4O2/c1-4-8-22(26-9-5-2)20(23)13-21-12-17(10-15(21)3)16-6-7-18-19(11-16)25-14-24-18;1-5-11(8(2)12)9(13)6-7-10(3)4;1-2(3)4/h6-7,11,15,17H,4-5,8-10,12-14H2,1-3H3;8,12H,5-7H2,1-4H3;1H3,(H,3,4)/t15?,17-;;/m1../s1. The van der Waals surface area contributed by atoms with Crippen LogP contribution in [0.1, 0.15) is 78.7 Å². The van der Waals surface area contributed by atoms with Gasteiger partial charge >= 0.3 is 0 Å². The number of hydroxylamine groups is 2. The number of carboxylic acid groups (broad SMARTS) is 1. The smallest absolute Gasteiger partial charge is 0.300 e. The van der Waals surface area contributed by atoms with Gasteiger partial charge in [-0.1, -0.05) is 19.9 Å². The molecule has 1 aromatic rings. The van der Waals surface area contributed by atoms with Crippen LogP contribution in [0, 0.1) is 0 Å². The van der Waals surface area contributed by atoms with Crippen molar-refractivity contribution in [1.29, 1.82) is 0 Å². The van der Waals surface area contributed by atoms with Gasteiger partial charge in [0, 0.05) is 45.6 Å². The second-order valence-electron chi connectivity index (χ2n) is 11.0. The van der Waals surface area contributed by atoms with Crippen molar-refractivity contribution in [3.05, 3.63) is 23.8 Å². The Morgan fingerprint density at radius 3 is 2.28 bits per heavy atom. The van der Waals surface area contributed by atoms with Gasteiger partial charge in [-0.2, -0.15) is 0 Å². The fraction of sp³-hybridized carbons (Fsp3) is 0.710. The zero-order chi connectivity index (χ0) is 32.5. The molecule has 2 aliphatic heterocycles. The second kappa shape index (κ2) is 20.1. The molecule has 2 heterocycles. The predicted molar refractivity (Wildman–Crippen MR) is 165 cm³/mol. The first-order chi connectivity index (χ1) is 20.3. The number of carboxylic acids is 1. The highest BCUT2D eigenvalue weighted by Crippen LogP contribution is 2.38. The van der Waals surface area contributed by atoms with E-state index in [2.05, 4.69) is 30.9 Å². The number of amides is 2. The number of carbonyl (C=O) groups is 3. The molecule has 2 unspecified atom stereocenters. The van der Waals surface area contributed by atoms with Crippen LogP contribution in [0.2, 0.25) is 0 Å². The zero-order valence-corrected chi connectivity index (χ0v) is 27.4. The summed E-state index contributed by atoms with van der Waals surface area (Å²) in [6.45, 7) is 14.9. The van der Waals surface area contributed by atoms with Gasteiger partial charge in [0.1, 0.15) is 6.23 Å². The first-order valence-electron chi connectivity index (χ1n) is 15.2. The topological polar surface area (TPSA) is 132 Å². The van der Waals surface area contributed by atoms with Gasteiger partial charge in [0.15, 0.2) is 11.5 Å². The molecule has 2 amide bonds. The Morgan fingerprint density at radius 1 is 1.07 bits per heavy atom. The average molecular weight is 611 g/mol. The molecule has 246 valence electrons. The third-order valence-corrected chi connectivity index (χ3v) is 6.95. The number of hydrogen-bond donors (Lipinski definition) is 2. The van der Waals surface area contributed by atoms with Crippen LogP contribution >= 0.6 is 0 Å². The van der Waals surface area contributed by atoms with E-state index in [1.807, 2.05) is 38.9 Å². The van der Waals surface area contributed by atoms with Gasteiger partial charge in [0.25, 0.3) is 11.9 Å². The van der Waals surface area contributed by atoms with Crippen molar-refractivity contribution in [2.45, 2.75) is 85.4 Å². The third-order valence-electron chi connectivity index (χ3n) is 6.95. The fourth-order valence-electron chi connectivity index (χ4n) is 4.76. The van der Waals surface area contributed by atoms with Gasteiger partial charge in [-0.25, -0.2) is 5.06 Å². The molecule has 0 bridgehead atoms. The number of aliphatic carboxylic acids is 1. The van der Waals surface area contributed by atoms with Crippen molar-refractivity contribution in [3.8, 4) is 11.5 Å². The minimum Gasteiger partial charge on any atom is -0.481 e. The van der Waals surface area contributed by atoms with Gasteiger partial charge in [-0.3, -0.25) is 24.1 Å². The number of aliphatic hydroxyl groups is 1. The Morgan fingerprint density at radius 2 is 1.72 bits per heavy atom. The van der Waals surface area contributed by atoms with Crippen LogP contribution in [0.4, 0.5) is 0 Å². The van der Waals surface area contributed by atoms with Crippen LogP contribution in [0.25, 0.3) is 0 Å². The number of rotatable bonds is 13. The molecule has 0 saturated carbocycles. The maximum atomic E-state index is 12.7. The number of likely N-dealkylation sites (tertiary alicyclic amines) is 1. The van der Waals surface area contributed by atoms with E-state index in [4.69, 9.17) is 24.2 Å². The van der Waals surface area contributed by atoms with Crippen LogP contribution in [0.3, 0.4) is 0 Å². The fourth-order valence-corrected chi connectivity index (χ4v) is 4.76. The van der Waals surface area contributed by atoms with Crippen molar-refractivity contribution in [1.82, 2.24) is 19.8 Å². The zero-order valence-electron chi connectivity index (χ0n) is 27.4. The number of fused-ring (bicyclic) bond motifs is 1. The monoisotopic (exact) mass is 610 g/mol. The molecule has 2 N–H and O–H groups in total. The van der Waals surface area contributed by atoms with E-state index in [1.54, 1.807) is 12.0 Å². The minimum absolute atomic E-state index is 0.00574. The van der Waals surface area contributed by atoms with E-state index in [1.165, 1.54) is 10.5 Å². The lowest BCUT2D eigenvalue weighted by Crippen LogP contribution is -2.42. The third kappa shape index (κ3) is 13.9. The number of ether oxygens (including phenoxy) is 2. The number of nitrogens with zero attached hydrogens (tertiary/aromatic N) is 4. The quantitative estimate of drug-likeness (QED) is 0.253. The lowest BCUT2D eigenvalue weighted by molar-refractivity contribution is -0.187. The van der Waals surface area contributed by atoms with E-state index >= 15 is 0 Å². The molecule has 12 heteroatoms. The van der Waals surface area contributed by atoms with Crippen LogP contribution in [0.5, 0.6) is 11.5 Å². The Labute approximate surface area is 257 Å². The molecule has 43 heavy (non-hydrogen) atoms. The van der Waals surface area contributed by atoms with Gasteiger partial charge < -0.3 is 29.5 Å². The van der Waals surface area contributed by atoms with Crippen LogP contribution < -0.4 is 9.47 Å². The second-order valence-corrected chi connectivity index (χ2v) is 11.0. The van der Waals surface area contributed by atoms with Gasteiger partial charge in [0.2, 0.25) is 12.7 Å². The number of aliphatic hydroxyl groups excluding tert-OH is 1. The Balaban J connectivity index is 0.000000457.